The van der Waals surface area contributed by atoms with Gasteiger partial charge in [-0.2, -0.15) is 35.8 Å². The van der Waals surface area contributed by atoms with E-state index >= 15 is 0 Å². The summed E-state index contributed by atoms with van der Waals surface area (Å²) >= 11 is 2.89. The van der Waals surface area contributed by atoms with Crippen LogP contribution in [0.1, 0.15) is 5.56 Å². The Morgan fingerprint density at radius 1 is 1.10 bits per heavy atom. The van der Waals surface area contributed by atoms with Gasteiger partial charge in [0.25, 0.3) is 0 Å². The first-order valence-electron chi connectivity index (χ1n) is 4.99. The largest absolute Gasteiger partial charge is 0.507 e. The lowest BCUT2D eigenvalue weighted by atomic mass is 10.2. The molecule has 0 bridgehead atoms. The van der Waals surface area contributed by atoms with E-state index < -0.39 is 18.1 Å². The van der Waals surface area contributed by atoms with Gasteiger partial charge in [-0.3, -0.25) is 0 Å². The molecule has 1 aromatic carbocycles. The van der Waals surface area contributed by atoms with Crippen LogP contribution in [0, 0.1) is 0 Å². The summed E-state index contributed by atoms with van der Waals surface area (Å²) in [5.41, 5.74) is 0.545. The van der Waals surface area contributed by atoms with E-state index in [1.54, 1.807) is 0 Å². The minimum atomic E-state index is -6.43. The van der Waals surface area contributed by atoms with Gasteiger partial charge in [-0.25, -0.2) is 5.43 Å². The number of hydrogen-bond donors (Lipinski definition) is 2. The van der Waals surface area contributed by atoms with E-state index in [-0.39, 0.29) is 15.8 Å². The van der Waals surface area contributed by atoms with Crippen LogP contribution in [0.25, 0.3) is 0 Å². The maximum absolute atomic E-state index is 12.8. The Balaban J connectivity index is 2.86. The zero-order valence-corrected chi connectivity index (χ0v) is 11.3. The van der Waals surface area contributed by atoms with Crippen molar-refractivity contribution in [1.29, 1.82) is 0 Å². The summed E-state index contributed by atoms with van der Waals surface area (Å²) in [6.07, 6.45) is -5.84. The predicted octanol–water partition coefficient (Wildman–Crippen LogP) is 3.87. The molecule has 0 atom stereocenters. The zero-order chi connectivity index (χ0) is 16.5. The number of nitrogens with one attached hydrogen (secondary N) is 1. The Hall–Kier alpha value is -1.52. The van der Waals surface area contributed by atoms with E-state index in [0.717, 1.165) is 6.07 Å². The summed E-state index contributed by atoms with van der Waals surface area (Å²) in [7, 11) is 0. The van der Waals surface area contributed by atoms with Gasteiger partial charge < -0.3 is 5.11 Å². The van der Waals surface area contributed by atoms with Crippen molar-refractivity contribution in [1.82, 2.24) is 5.43 Å². The second-order valence-electron chi connectivity index (χ2n) is 3.73. The number of phenolic OH excluding ortho intramolecular Hbond substituents is 1. The van der Waals surface area contributed by atoms with E-state index in [4.69, 9.17) is 5.11 Å². The Labute approximate surface area is 121 Å². The maximum Gasteiger partial charge on any atom is 0.462 e. The van der Waals surface area contributed by atoms with E-state index in [2.05, 4.69) is 21.0 Å². The third-order valence-electron chi connectivity index (χ3n) is 2.14. The topological polar surface area (TPSA) is 44.6 Å². The van der Waals surface area contributed by atoms with Gasteiger partial charge in [0.05, 0.1) is 10.7 Å². The van der Waals surface area contributed by atoms with E-state index in [1.165, 1.54) is 12.1 Å². The number of hydrazone groups is 1. The number of phenols is 1. The third-order valence-corrected chi connectivity index (χ3v) is 2.78. The van der Waals surface area contributed by atoms with Gasteiger partial charge in [0.1, 0.15) is 5.75 Å². The number of hydrogen-bond acceptors (Lipinski definition) is 3. The van der Waals surface area contributed by atoms with Crippen molar-refractivity contribution in [3.05, 3.63) is 28.2 Å². The molecular formula is C10H6BrF7N2O. The smallest absolute Gasteiger partial charge is 0.462 e. The highest BCUT2D eigenvalue weighted by Gasteiger charge is 2.73. The highest BCUT2D eigenvalue weighted by Crippen LogP contribution is 2.44. The summed E-state index contributed by atoms with van der Waals surface area (Å²) in [4.78, 5) is 0. The molecule has 3 nitrogen and oxygen atoms in total. The van der Waals surface area contributed by atoms with Crippen molar-refractivity contribution in [2.75, 3.05) is 0 Å². The highest BCUT2D eigenvalue weighted by atomic mass is 79.9. The number of nitrogens with zero attached hydrogens (tertiary/aromatic N) is 1. The van der Waals surface area contributed by atoms with Crippen LogP contribution in [-0.4, -0.2) is 29.5 Å². The molecule has 0 amide bonds. The van der Waals surface area contributed by atoms with Crippen molar-refractivity contribution >= 4 is 22.1 Å². The monoisotopic (exact) mass is 382 g/mol. The molecule has 0 saturated heterocycles. The van der Waals surface area contributed by atoms with Crippen molar-refractivity contribution in [3.8, 4) is 5.75 Å². The van der Waals surface area contributed by atoms with Crippen LogP contribution in [0.2, 0.25) is 0 Å². The molecule has 21 heavy (non-hydrogen) atoms. The van der Waals surface area contributed by atoms with Crippen LogP contribution in [0.15, 0.2) is 27.8 Å². The molecule has 1 aromatic rings. The first-order valence-corrected chi connectivity index (χ1v) is 5.79. The average molecular weight is 383 g/mol. The van der Waals surface area contributed by atoms with E-state index in [0.29, 0.717) is 11.6 Å². The fourth-order valence-corrected chi connectivity index (χ4v) is 1.44. The fraction of sp³-hybridized carbons (Fsp3) is 0.300. The lowest BCUT2D eigenvalue weighted by Crippen LogP contribution is -2.58. The summed E-state index contributed by atoms with van der Waals surface area (Å²) in [6.45, 7) is 0. The van der Waals surface area contributed by atoms with Crippen molar-refractivity contribution in [2.24, 2.45) is 5.10 Å². The number of halogens is 8. The number of alkyl halides is 7. The van der Waals surface area contributed by atoms with E-state index in [1.807, 2.05) is 0 Å². The van der Waals surface area contributed by atoms with Crippen LogP contribution in [-0.2, 0) is 0 Å². The minimum absolute atomic E-state index is 0.0679. The summed E-state index contributed by atoms with van der Waals surface area (Å²) in [5, 5.41) is 11.8. The molecule has 0 radical (unpaired) electrons. The Kier molecular flexibility index (Phi) is 4.76. The number of rotatable bonds is 4. The van der Waals surface area contributed by atoms with E-state index in [9.17, 15) is 30.7 Å². The van der Waals surface area contributed by atoms with Gasteiger partial charge in [-0.05, 0) is 39.7 Å². The summed E-state index contributed by atoms with van der Waals surface area (Å²) in [6, 6.07) is -2.13. The molecule has 118 valence electrons. The molecule has 0 aliphatic heterocycles. The molecule has 0 aliphatic carbocycles. The lowest BCUT2D eigenvalue weighted by Gasteiger charge is -2.27. The van der Waals surface area contributed by atoms with Crippen LogP contribution < -0.4 is 5.43 Å². The molecule has 0 saturated carbocycles. The van der Waals surface area contributed by atoms with Crippen LogP contribution in [0.4, 0.5) is 30.7 Å². The molecule has 0 fully saturated rings. The van der Waals surface area contributed by atoms with Gasteiger partial charge in [-0.1, -0.05) is 0 Å². The van der Waals surface area contributed by atoms with Crippen molar-refractivity contribution in [3.63, 3.8) is 0 Å². The molecule has 0 heterocycles. The van der Waals surface area contributed by atoms with Gasteiger partial charge in [0, 0.05) is 0 Å². The van der Waals surface area contributed by atoms with Gasteiger partial charge >= 0.3 is 18.1 Å². The third kappa shape index (κ3) is 3.77. The highest BCUT2D eigenvalue weighted by molar-refractivity contribution is 9.10. The zero-order valence-electron chi connectivity index (χ0n) is 9.73. The molecule has 0 aromatic heterocycles. The molecule has 11 heteroatoms. The lowest BCUT2D eigenvalue weighted by molar-refractivity contribution is -0.361. The number of benzene rings is 1. The Bertz CT molecular complexity index is 545. The molecule has 0 aliphatic rings. The normalized spacial score (nSPS) is 13.7. The molecule has 0 spiro atoms. The van der Waals surface area contributed by atoms with Crippen LogP contribution >= 0.6 is 15.9 Å². The first-order chi connectivity index (χ1) is 9.38. The Morgan fingerprint density at radius 3 is 2.14 bits per heavy atom. The van der Waals surface area contributed by atoms with Crippen molar-refractivity contribution < 1.29 is 35.8 Å². The molecular weight excluding hydrogens is 377 g/mol. The molecule has 2 N–H and O–H groups in total. The number of aromatic hydroxyl groups is 1. The first kappa shape index (κ1) is 17.5. The summed E-state index contributed by atoms with van der Waals surface area (Å²) < 4.78 is 86.2. The quantitative estimate of drug-likeness (QED) is 0.359. The standard InChI is InChI=1S/C10H6BrF7N2O/c11-6-3-5(1-2-7(6)21)4-19-20-10(17,18)8(12,13)9(14,15)16/h1-4,20-21H/b19-4+. The second-order valence-corrected chi connectivity index (χ2v) is 4.58. The molecule has 1 rings (SSSR count). The Morgan fingerprint density at radius 2 is 1.67 bits per heavy atom. The van der Waals surface area contributed by atoms with Gasteiger partial charge in [0.15, 0.2) is 0 Å². The maximum atomic E-state index is 12.8. The van der Waals surface area contributed by atoms with Crippen LogP contribution in [0.5, 0.6) is 5.75 Å². The van der Waals surface area contributed by atoms with Gasteiger partial charge in [0.2, 0.25) is 0 Å². The average Bonchev–Trinajstić information content (AvgIpc) is 2.32. The minimum Gasteiger partial charge on any atom is -0.507 e. The summed E-state index contributed by atoms with van der Waals surface area (Å²) in [5.74, 6) is -6.47. The van der Waals surface area contributed by atoms with Crippen molar-refractivity contribution in [2.45, 2.75) is 18.1 Å². The predicted molar refractivity (Wildman–Crippen MR) is 62.5 cm³/mol. The van der Waals surface area contributed by atoms with Crippen LogP contribution in [0.3, 0.4) is 0 Å². The fourth-order valence-electron chi connectivity index (χ4n) is 1.04. The SMILES string of the molecule is Oc1ccc(/C=N/NC(F)(F)C(F)(F)C(F)(F)F)cc1Br. The molecule has 0 unspecified atom stereocenters. The van der Waals surface area contributed by atoms with Gasteiger partial charge in [-0.15, -0.1) is 0 Å². The second kappa shape index (κ2) is 5.70.